The van der Waals surface area contributed by atoms with Crippen molar-refractivity contribution in [1.82, 2.24) is 9.71 Å². The molecule has 0 aliphatic heterocycles. The molecule has 0 radical (unpaired) electrons. The second-order valence-electron chi connectivity index (χ2n) is 3.36. The van der Waals surface area contributed by atoms with Gasteiger partial charge in [0.25, 0.3) is 0 Å². The third kappa shape index (κ3) is 3.78. The summed E-state index contributed by atoms with van der Waals surface area (Å²) in [7, 11) is -3.66. The van der Waals surface area contributed by atoms with E-state index in [1.807, 2.05) is 0 Å². The Bertz CT molecular complexity index is 507. The molecule has 3 N–H and O–H groups in total. The van der Waals surface area contributed by atoms with Crippen molar-refractivity contribution < 1.29 is 8.42 Å². The van der Waals surface area contributed by atoms with Crippen molar-refractivity contribution in [1.29, 1.82) is 5.26 Å². The summed E-state index contributed by atoms with van der Waals surface area (Å²) >= 11 is 0. The maximum Gasteiger partial charge on any atom is 0.243 e. The smallest absolute Gasteiger partial charge is 0.243 e. The van der Waals surface area contributed by atoms with Crippen LogP contribution in [0.2, 0.25) is 0 Å². The van der Waals surface area contributed by atoms with Gasteiger partial charge >= 0.3 is 0 Å². The van der Waals surface area contributed by atoms with Crippen molar-refractivity contribution in [2.45, 2.75) is 17.7 Å². The fourth-order valence-electron chi connectivity index (χ4n) is 1.24. The van der Waals surface area contributed by atoms with Crippen molar-refractivity contribution in [2.75, 3.05) is 13.1 Å². The van der Waals surface area contributed by atoms with E-state index >= 15 is 0 Å². The lowest BCUT2D eigenvalue weighted by Crippen LogP contribution is -2.26. The van der Waals surface area contributed by atoms with Crippen molar-refractivity contribution in [3.63, 3.8) is 0 Å². The molecule has 1 aromatic heterocycles. The van der Waals surface area contributed by atoms with E-state index in [0.717, 1.165) is 6.42 Å². The predicted octanol–water partition coefficient (Wildman–Crippen LogP) is -0.0295. The molecule has 1 aromatic rings. The molecule has 0 bridgehead atoms. The zero-order chi connectivity index (χ0) is 12.7. The van der Waals surface area contributed by atoms with E-state index < -0.39 is 10.0 Å². The van der Waals surface area contributed by atoms with Crippen LogP contribution in [-0.2, 0) is 10.0 Å². The number of hydrogen-bond donors (Lipinski definition) is 2. The lowest BCUT2D eigenvalue weighted by Gasteiger charge is -2.06. The number of sulfonamides is 1. The van der Waals surface area contributed by atoms with E-state index in [1.165, 1.54) is 18.3 Å². The summed E-state index contributed by atoms with van der Waals surface area (Å²) in [6.45, 7) is 0.831. The molecule has 1 heterocycles. The fourth-order valence-corrected chi connectivity index (χ4v) is 2.42. The maximum atomic E-state index is 11.8. The number of pyridine rings is 1. The Morgan fingerprint density at radius 2 is 2.24 bits per heavy atom. The van der Waals surface area contributed by atoms with Gasteiger partial charge in [0.2, 0.25) is 10.0 Å². The lowest BCUT2D eigenvalue weighted by atomic mass is 10.3. The average Bonchev–Trinajstić information content (AvgIpc) is 2.34. The van der Waals surface area contributed by atoms with E-state index in [0.29, 0.717) is 19.5 Å². The van der Waals surface area contributed by atoms with Gasteiger partial charge in [0.05, 0.1) is 0 Å². The van der Waals surface area contributed by atoms with Gasteiger partial charge in [-0.2, -0.15) is 5.26 Å². The minimum absolute atomic E-state index is 0.0877. The van der Waals surface area contributed by atoms with Crippen LogP contribution in [0.15, 0.2) is 23.2 Å². The molecule has 0 spiro atoms. The number of rotatable bonds is 6. The molecule has 0 aromatic carbocycles. The van der Waals surface area contributed by atoms with Crippen LogP contribution >= 0.6 is 0 Å². The Kier molecular flexibility index (Phi) is 5.03. The summed E-state index contributed by atoms with van der Waals surface area (Å²) in [6.07, 6.45) is 2.80. The Labute approximate surface area is 101 Å². The number of nitriles is 1. The third-order valence-electron chi connectivity index (χ3n) is 2.09. The Morgan fingerprint density at radius 1 is 1.47 bits per heavy atom. The molecular formula is C10H14N4O2S. The first-order valence-corrected chi connectivity index (χ1v) is 6.65. The summed E-state index contributed by atoms with van der Waals surface area (Å²) in [4.78, 5) is 3.62. The number of hydrogen-bond acceptors (Lipinski definition) is 5. The molecule has 0 unspecified atom stereocenters. The molecule has 7 heteroatoms. The second kappa shape index (κ2) is 6.30. The first-order valence-electron chi connectivity index (χ1n) is 5.16. The fraction of sp³-hybridized carbons (Fsp3) is 0.400. The Hall–Kier alpha value is -1.49. The second-order valence-corrected chi connectivity index (χ2v) is 5.09. The van der Waals surface area contributed by atoms with Gasteiger partial charge in [-0.05, 0) is 31.5 Å². The highest BCUT2D eigenvalue weighted by molar-refractivity contribution is 7.89. The zero-order valence-corrected chi connectivity index (χ0v) is 10.1. The van der Waals surface area contributed by atoms with Crippen molar-refractivity contribution >= 4 is 10.0 Å². The molecule has 0 saturated carbocycles. The molecule has 92 valence electrons. The summed E-state index contributed by atoms with van der Waals surface area (Å²) < 4.78 is 26.1. The SMILES string of the molecule is N#Cc1ncccc1S(=O)(=O)NCCCCN. The van der Waals surface area contributed by atoms with Crippen LogP contribution in [0.1, 0.15) is 18.5 Å². The molecule has 0 aliphatic rings. The number of aromatic nitrogens is 1. The monoisotopic (exact) mass is 254 g/mol. The van der Waals surface area contributed by atoms with Gasteiger partial charge in [0.1, 0.15) is 11.0 Å². The van der Waals surface area contributed by atoms with Crippen LogP contribution in [0, 0.1) is 11.3 Å². The molecule has 0 aliphatic carbocycles. The lowest BCUT2D eigenvalue weighted by molar-refractivity contribution is 0.576. The number of nitrogens with one attached hydrogen (secondary N) is 1. The normalized spacial score (nSPS) is 11.1. The highest BCUT2D eigenvalue weighted by Gasteiger charge is 2.18. The largest absolute Gasteiger partial charge is 0.330 e. The Balaban J connectivity index is 2.80. The highest BCUT2D eigenvalue weighted by atomic mass is 32.2. The third-order valence-corrected chi connectivity index (χ3v) is 3.58. The van der Waals surface area contributed by atoms with Crippen LogP contribution in [0.25, 0.3) is 0 Å². The van der Waals surface area contributed by atoms with Gasteiger partial charge in [-0.1, -0.05) is 0 Å². The first-order chi connectivity index (χ1) is 8.11. The minimum Gasteiger partial charge on any atom is -0.330 e. The molecule has 0 amide bonds. The van der Waals surface area contributed by atoms with Crippen molar-refractivity contribution in [3.8, 4) is 6.07 Å². The average molecular weight is 254 g/mol. The van der Waals surface area contributed by atoms with Crippen molar-refractivity contribution in [3.05, 3.63) is 24.0 Å². The summed E-state index contributed by atoms with van der Waals surface area (Å²) in [5.74, 6) is 0. The molecule has 17 heavy (non-hydrogen) atoms. The molecular weight excluding hydrogens is 240 g/mol. The standard InChI is InChI=1S/C10H14N4O2S/c11-5-1-2-7-14-17(15,16)10-4-3-6-13-9(10)8-12/h3-4,6,14H,1-2,5,7,11H2. The molecule has 0 fully saturated rings. The quantitative estimate of drug-likeness (QED) is 0.693. The summed E-state index contributed by atoms with van der Waals surface area (Å²) in [5, 5.41) is 8.77. The summed E-state index contributed by atoms with van der Waals surface area (Å²) in [5.41, 5.74) is 5.21. The van der Waals surface area contributed by atoms with Crippen LogP contribution in [0.3, 0.4) is 0 Å². The Morgan fingerprint density at radius 3 is 2.88 bits per heavy atom. The predicted molar refractivity (Wildman–Crippen MR) is 62.4 cm³/mol. The summed E-state index contributed by atoms with van der Waals surface area (Å²) in [6, 6.07) is 4.59. The number of nitrogens with two attached hydrogens (primary N) is 1. The topological polar surface area (TPSA) is 109 Å². The maximum absolute atomic E-state index is 11.8. The highest BCUT2D eigenvalue weighted by Crippen LogP contribution is 2.11. The van der Waals surface area contributed by atoms with E-state index in [9.17, 15) is 8.42 Å². The van der Waals surface area contributed by atoms with E-state index in [-0.39, 0.29) is 10.6 Å². The first kappa shape index (κ1) is 13.6. The zero-order valence-electron chi connectivity index (χ0n) is 9.26. The van der Waals surface area contributed by atoms with Gasteiger partial charge in [0.15, 0.2) is 5.69 Å². The minimum atomic E-state index is -3.66. The van der Waals surface area contributed by atoms with Crippen LogP contribution in [-0.4, -0.2) is 26.5 Å². The van der Waals surface area contributed by atoms with Gasteiger partial charge in [-0.25, -0.2) is 18.1 Å². The van der Waals surface area contributed by atoms with Crippen molar-refractivity contribution in [2.24, 2.45) is 5.73 Å². The molecule has 0 saturated heterocycles. The number of nitrogens with zero attached hydrogens (tertiary/aromatic N) is 2. The van der Waals surface area contributed by atoms with Gasteiger partial charge in [-0.3, -0.25) is 0 Å². The van der Waals surface area contributed by atoms with E-state index in [1.54, 1.807) is 6.07 Å². The van der Waals surface area contributed by atoms with Gasteiger partial charge in [0, 0.05) is 12.7 Å². The van der Waals surface area contributed by atoms with Crippen LogP contribution in [0.5, 0.6) is 0 Å². The van der Waals surface area contributed by atoms with Crippen LogP contribution in [0.4, 0.5) is 0 Å². The van der Waals surface area contributed by atoms with Gasteiger partial charge in [-0.15, -0.1) is 0 Å². The molecule has 0 atom stereocenters. The van der Waals surface area contributed by atoms with Gasteiger partial charge < -0.3 is 5.73 Å². The van der Waals surface area contributed by atoms with Crippen LogP contribution < -0.4 is 10.5 Å². The molecule has 6 nitrogen and oxygen atoms in total. The molecule has 1 rings (SSSR count). The number of unbranched alkanes of at least 4 members (excludes halogenated alkanes) is 1. The van der Waals surface area contributed by atoms with E-state index in [4.69, 9.17) is 11.0 Å². The van der Waals surface area contributed by atoms with E-state index in [2.05, 4.69) is 9.71 Å².